The summed E-state index contributed by atoms with van der Waals surface area (Å²) >= 11 is 0. The fourth-order valence-electron chi connectivity index (χ4n) is 4.66. The number of amides is 1. The maximum Gasteiger partial charge on any atom is 0.254 e. The molecule has 31 heavy (non-hydrogen) atoms. The third kappa shape index (κ3) is 5.48. The first-order valence-electron chi connectivity index (χ1n) is 11.2. The summed E-state index contributed by atoms with van der Waals surface area (Å²) in [5.74, 6) is 1.54. The summed E-state index contributed by atoms with van der Waals surface area (Å²) in [6.45, 7) is 2.07. The van der Waals surface area contributed by atoms with Gasteiger partial charge in [0.25, 0.3) is 5.91 Å². The number of aryl methyl sites for hydroxylation is 1. The van der Waals surface area contributed by atoms with Crippen LogP contribution in [-0.2, 0) is 22.9 Å². The van der Waals surface area contributed by atoms with Crippen LogP contribution >= 0.6 is 0 Å². The maximum absolute atomic E-state index is 13.2. The van der Waals surface area contributed by atoms with Crippen molar-refractivity contribution in [2.45, 2.75) is 56.4 Å². The van der Waals surface area contributed by atoms with Crippen molar-refractivity contribution in [1.82, 2.24) is 4.90 Å². The van der Waals surface area contributed by atoms with Crippen molar-refractivity contribution in [3.63, 3.8) is 0 Å². The summed E-state index contributed by atoms with van der Waals surface area (Å²) in [5.41, 5.74) is 2.76. The molecule has 1 amide bonds. The highest BCUT2D eigenvalue weighted by atomic mass is 32.2. The quantitative estimate of drug-likeness (QED) is 0.655. The highest BCUT2D eigenvalue weighted by Crippen LogP contribution is 2.28. The van der Waals surface area contributed by atoms with Gasteiger partial charge in [0, 0.05) is 24.9 Å². The first-order valence-corrected chi connectivity index (χ1v) is 13.1. The van der Waals surface area contributed by atoms with E-state index in [0.29, 0.717) is 17.4 Å². The molecule has 5 nitrogen and oxygen atoms in total. The lowest BCUT2D eigenvalue weighted by molar-refractivity contribution is 0.0719. The van der Waals surface area contributed by atoms with Crippen LogP contribution in [-0.4, -0.2) is 38.6 Å². The van der Waals surface area contributed by atoms with E-state index in [2.05, 4.69) is 4.90 Å². The topological polar surface area (TPSA) is 63.7 Å². The Balaban J connectivity index is 1.41. The van der Waals surface area contributed by atoms with Gasteiger partial charge < -0.3 is 9.64 Å². The Labute approximate surface area is 185 Å². The first kappa shape index (κ1) is 21.9. The number of sulfone groups is 1. The standard InChI is InChI=1S/C25H31NO4S/c1-31(28,29)23-12-9-20(10-13-23)18-30-22-11-14-24-21(16-22)8-5-15-26(25(24)27)17-19-6-3-2-4-7-19/h9-14,16,19H,2-8,15,17-18H2,1H3. The number of carbonyl (C=O) groups excluding carboxylic acids is 1. The zero-order valence-corrected chi connectivity index (χ0v) is 19.0. The molecule has 1 heterocycles. The van der Waals surface area contributed by atoms with Crippen LogP contribution in [0.1, 0.15) is 60.0 Å². The van der Waals surface area contributed by atoms with Gasteiger partial charge in [-0.1, -0.05) is 31.4 Å². The molecular weight excluding hydrogens is 410 g/mol. The molecule has 1 saturated carbocycles. The molecule has 0 saturated heterocycles. The molecule has 6 heteroatoms. The van der Waals surface area contributed by atoms with Crippen molar-refractivity contribution in [3.05, 3.63) is 59.2 Å². The normalized spacial score (nSPS) is 17.8. The molecule has 0 unspecified atom stereocenters. The molecule has 0 atom stereocenters. The van der Waals surface area contributed by atoms with E-state index < -0.39 is 9.84 Å². The monoisotopic (exact) mass is 441 g/mol. The molecule has 0 aromatic heterocycles. The van der Waals surface area contributed by atoms with E-state index in [0.717, 1.165) is 48.4 Å². The third-order valence-corrected chi connectivity index (χ3v) is 7.56. The Morgan fingerprint density at radius 2 is 1.74 bits per heavy atom. The van der Waals surface area contributed by atoms with Crippen LogP contribution in [0.15, 0.2) is 47.4 Å². The molecule has 1 aliphatic carbocycles. The Kier molecular flexibility index (Phi) is 6.65. The summed E-state index contributed by atoms with van der Waals surface area (Å²) in [5, 5.41) is 0. The average molecular weight is 442 g/mol. The molecule has 1 aliphatic heterocycles. The Hall–Kier alpha value is -2.34. The van der Waals surface area contributed by atoms with Crippen LogP contribution in [0.5, 0.6) is 5.75 Å². The molecule has 0 radical (unpaired) electrons. The van der Waals surface area contributed by atoms with Crippen molar-refractivity contribution in [1.29, 1.82) is 0 Å². The van der Waals surface area contributed by atoms with Gasteiger partial charge in [-0.2, -0.15) is 0 Å². The van der Waals surface area contributed by atoms with Crippen LogP contribution in [0.3, 0.4) is 0 Å². The van der Waals surface area contributed by atoms with Gasteiger partial charge in [0.05, 0.1) is 4.90 Å². The molecule has 4 rings (SSSR count). The fraction of sp³-hybridized carbons (Fsp3) is 0.480. The van der Waals surface area contributed by atoms with Crippen LogP contribution in [0.25, 0.3) is 0 Å². The summed E-state index contributed by atoms with van der Waals surface area (Å²) in [6, 6.07) is 12.5. The Morgan fingerprint density at radius 3 is 2.45 bits per heavy atom. The summed E-state index contributed by atoms with van der Waals surface area (Å²) in [6.07, 6.45) is 9.46. The second kappa shape index (κ2) is 9.43. The zero-order chi connectivity index (χ0) is 21.8. The lowest BCUT2D eigenvalue weighted by atomic mass is 9.89. The average Bonchev–Trinajstić information content (AvgIpc) is 2.91. The van der Waals surface area contributed by atoms with E-state index >= 15 is 0 Å². The molecule has 2 aromatic rings. The summed E-state index contributed by atoms with van der Waals surface area (Å²) < 4.78 is 29.1. The van der Waals surface area contributed by atoms with E-state index in [1.807, 2.05) is 18.2 Å². The van der Waals surface area contributed by atoms with Gasteiger partial charge in [0.15, 0.2) is 9.84 Å². The lowest BCUT2D eigenvalue weighted by Crippen LogP contribution is -2.36. The largest absolute Gasteiger partial charge is 0.489 e. The van der Waals surface area contributed by atoms with Gasteiger partial charge >= 0.3 is 0 Å². The lowest BCUT2D eigenvalue weighted by Gasteiger charge is -2.29. The van der Waals surface area contributed by atoms with E-state index in [-0.39, 0.29) is 5.91 Å². The molecule has 1 fully saturated rings. The van der Waals surface area contributed by atoms with E-state index in [4.69, 9.17) is 4.74 Å². The fourth-order valence-corrected chi connectivity index (χ4v) is 5.29. The molecule has 2 aliphatic rings. The highest BCUT2D eigenvalue weighted by Gasteiger charge is 2.26. The smallest absolute Gasteiger partial charge is 0.254 e. The summed E-state index contributed by atoms with van der Waals surface area (Å²) in [4.78, 5) is 15.5. The van der Waals surface area contributed by atoms with Gasteiger partial charge in [-0.15, -0.1) is 0 Å². The highest BCUT2D eigenvalue weighted by molar-refractivity contribution is 7.90. The van der Waals surface area contributed by atoms with E-state index in [1.54, 1.807) is 24.3 Å². The minimum atomic E-state index is -3.20. The number of hydrogen-bond acceptors (Lipinski definition) is 4. The van der Waals surface area contributed by atoms with Gasteiger partial charge in [-0.3, -0.25) is 4.79 Å². The predicted molar refractivity (Wildman–Crippen MR) is 121 cm³/mol. The SMILES string of the molecule is CS(=O)(=O)c1ccc(COc2ccc3c(c2)CCCN(CC2CCCCC2)C3=O)cc1. The number of fused-ring (bicyclic) bond motifs is 1. The van der Waals surface area contributed by atoms with Crippen LogP contribution < -0.4 is 4.74 Å². The maximum atomic E-state index is 13.2. The van der Waals surface area contributed by atoms with Crippen molar-refractivity contribution in [2.75, 3.05) is 19.3 Å². The van der Waals surface area contributed by atoms with Crippen molar-refractivity contribution >= 4 is 15.7 Å². The van der Waals surface area contributed by atoms with Gasteiger partial charge in [0.1, 0.15) is 12.4 Å². The molecule has 0 spiro atoms. The van der Waals surface area contributed by atoms with Crippen molar-refractivity contribution in [3.8, 4) is 5.75 Å². The van der Waals surface area contributed by atoms with Crippen LogP contribution in [0.4, 0.5) is 0 Å². The number of carbonyl (C=O) groups is 1. The number of rotatable bonds is 6. The van der Waals surface area contributed by atoms with Gasteiger partial charge in [0.2, 0.25) is 0 Å². The number of ether oxygens (including phenoxy) is 1. The molecule has 0 N–H and O–H groups in total. The molecule has 0 bridgehead atoms. The van der Waals surface area contributed by atoms with Gasteiger partial charge in [-0.05, 0) is 73.1 Å². The predicted octanol–water partition coefficient (Wildman–Crippen LogP) is 4.64. The first-order chi connectivity index (χ1) is 14.9. The molecular formula is C25H31NO4S. The molecule has 166 valence electrons. The van der Waals surface area contributed by atoms with E-state index in [9.17, 15) is 13.2 Å². The van der Waals surface area contributed by atoms with Crippen molar-refractivity contribution < 1.29 is 17.9 Å². The van der Waals surface area contributed by atoms with Crippen LogP contribution in [0, 0.1) is 5.92 Å². The number of hydrogen-bond donors (Lipinski definition) is 0. The number of nitrogens with zero attached hydrogens (tertiary/aromatic N) is 1. The third-order valence-electron chi connectivity index (χ3n) is 6.43. The minimum Gasteiger partial charge on any atom is -0.489 e. The second-order valence-corrected chi connectivity index (χ2v) is 10.9. The summed E-state index contributed by atoms with van der Waals surface area (Å²) in [7, 11) is -3.20. The van der Waals surface area contributed by atoms with Crippen molar-refractivity contribution in [2.24, 2.45) is 5.92 Å². The van der Waals surface area contributed by atoms with E-state index in [1.165, 1.54) is 38.4 Å². The Bertz CT molecular complexity index is 1020. The number of benzene rings is 2. The zero-order valence-electron chi connectivity index (χ0n) is 18.2. The second-order valence-electron chi connectivity index (χ2n) is 8.88. The molecule has 2 aromatic carbocycles. The van der Waals surface area contributed by atoms with Gasteiger partial charge in [-0.25, -0.2) is 8.42 Å². The Morgan fingerprint density at radius 1 is 1.00 bits per heavy atom. The van der Waals surface area contributed by atoms with Crippen LogP contribution in [0.2, 0.25) is 0 Å². The minimum absolute atomic E-state index is 0.154.